The van der Waals surface area contributed by atoms with Gasteiger partial charge in [0, 0.05) is 22.7 Å². The largest absolute Gasteiger partial charge is 0.497 e. The first-order valence-electron chi connectivity index (χ1n) is 9.00. The zero-order chi connectivity index (χ0) is 17.2. The fraction of sp³-hybridized carbons (Fsp3) is 0.381. The van der Waals surface area contributed by atoms with Gasteiger partial charge in [0.1, 0.15) is 11.5 Å². The maximum Gasteiger partial charge on any atom is 0.194 e. The minimum atomic E-state index is 0.0447. The van der Waals surface area contributed by atoms with Gasteiger partial charge in [-0.25, -0.2) is 0 Å². The highest BCUT2D eigenvalue weighted by atomic mass is 16.5. The topological polar surface area (TPSA) is 47.6 Å². The standard InChI is InChI=1S/C21H23NO3/c1-24-15-8-9-16-18(13-15)21(23)17-6-4-7-19(20(16)17)25-12-10-14-5-2-3-11-22-14/h4,6-9,13-14,22H,2-3,5,10-12H2,1H3. The summed E-state index contributed by atoms with van der Waals surface area (Å²) >= 11 is 0. The summed E-state index contributed by atoms with van der Waals surface area (Å²) < 4.78 is 11.3. The third kappa shape index (κ3) is 3.02. The van der Waals surface area contributed by atoms with Crippen LogP contribution in [0.3, 0.4) is 0 Å². The third-order valence-electron chi connectivity index (χ3n) is 5.15. The van der Waals surface area contributed by atoms with Gasteiger partial charge in [-0.15, -0.1) is 0 Å². The minimum Gasteiger partial charge on any atom is -0.497 e. The Balaban J connectivity index is 1.56. The van der Waals surface area contributed by atoms with Crippen LogP contribution in [0.1, 0.15) is 41.6 Å². The summed E-state index contributed by atoms with van der Waals surface area (Å²) in [7, 11) is 1.61. The van der Waals surface area contributed by atoms with Crippen molar-refractivity contribution in [2.45, 2.75) is 31.7 Å². The van der Waals surface area contributed by atoms with Gasteiger partial charge in [-0.3, -0.25) is 4.79 Å². The Morgan fingerprint density at radius 1 is 1.12 bits per heavy atom. The van der Waals surface area contributed by atoms with E-state index in [0.29, 0.717) is 24.0 Å². The molecule has 1 aliphatic carbocycles. The maximum absolute atomic E-state index is 12.7. The molecule has 25 heavy (non-hydrogen) atoms. The Labute approximate surface area is 148 Å². The molecular formula is C21H23NO3. The van der Waals surface area contributed by atoms with E-state index in [4.69, 9.17) is 9.47 Å². The molecule has 0 aromatic heterocycles. The molecule has 4 nitrogen and oxygen atoms in total. The molecule has 4 heteroatoms. The SMILES string of the molecule is COc1ccc2c(c1)C(=O)c1cccc(OCCC3CCCCN3)c1-2. The Kier molecular flexibility index (Phi) is 4.45. The van der Waals surface area contributed by atoms with Gasteiger partial charge >= 0.3 is 0 Å². The number of hydrogen-bond donors (Lipinski definition) is 1. The van der Waals surface area contributed by atoms with Crippen LogP contribution in [0.25, 0.3) is 11.1 Å². The molecular weight excluding hydrogens is 314 g/mol. The lowest BCUT2D eigenvalue weighted by Crippen LogP contribution is -2.35. The monoisotopic (exact) mass is 337 g/mol. The van der Waals surface area contributed by atoms with Crippen LogP contribution < -0.4 is 14.8 Å². The second-order valence-corrected chi connectivity index (χ2v) is 6.70. The van der Waals surface area contributed by atoms with Crippen LogP contribution in [0.4, 0.5) is 0 Å². The molecule has 2 aromatic carbocycles. The van der Waals surface area contributed by atoms with Crippen LogP contribution in [-0.4, -0.2) is 32.1 Å². The lowest BCUT2D eigenvalue weighted by Gasteiger charge is -2.23. The molecule has 1 atom stereocenters. The van der Waals surface area contributed by atoms with Crippen LogP contribution >= 0.6 is 0 Å². The van der Waals surface area contributed by atoms with Crippen LogP contribution in [0, 0.1) is 0 Å². The van der Waals surface area contributed by atoms with Crippen LogP contribution in [0.5, 0.6) is 11.5 Å². The van der Waals surface area contributed by atoms with Gasteiger partial charge < -0.3 is 14.8 Å². The quantitative estimate of drug-likeness (QED) is 0.769. The first-order chi connectivity index (χ1) is 12.3. The summed E-state index contributed by atoms with van der Waals surface area (Å²) in [4.78, 5) is 12.7. The van der Waals surface area contributed by atoms with Crippen molar-refractivity contribution in [3.63, 3.8) is 0 Å². The molecule has 130 valence electrons. The van der Waals surface area contributed by atoms with E-state index < -0.39 is 0 Å². The highest BCUT2D eigenvalue weighted by Crippen LogP contribution is 2.43. The highest BCUT2D eigenvalue weighted by Gasteiger charge is 2.30. The van der Waals surface area contributed by atoms with E-state index in [1.165, 1.54) is 19.3 Å². The smallest absolute Gasteiger partial charge is 0.194 e. The number of nitrogens with one attached hydrogen (secondary N) is 1. The molecule has 0 bridgehead atoms. The molecule has 0 amide bonds. The molecule has 1 heterocycles. The minimum absolute atomic E-state index is 0.0447. The average Bonchev–Trinajstić information content (AvgIpc) is 2.95. The number of benzene rings is 2. The van der Waals surface area contributed by atoms with Gasteiger partial charge in [-0.05, 0) is 55.6 Å². The zero-order valence-corrected chi connectivity index (χ0v) is 14.5. The predicted molar refractivity (Wildman–Crippen MR) is 97.6 cm³/mol. The van der Waals surface area contributed by atoms with E-state index in [9.17, 15) is 4.79 Å². The molecule has 2 aliphatic rings. The maximum atomic E-state index is 12.7. The molecule has 2 aromatic rings. The normalized spacial score (nSPS) is 18.6. The Morgan fingerprint density at radius 3 is 2.84 bits per heavy atom. The zero-order valence-electron chi connectivity index (χ0n) is 14.5. The lowest BCUT2D eigenvalue weighted by atomic mass is 10.0. The number of methoxy groups -OCH3 is 1. The Bertz CT molecular complexity index is 794. The van der Waals surface area contributed by atoms with Crippen LogP contribution in [0.2, 0.25) is 0 Å². The molecule has 0 radical (unpaired) electrons. The van der Waals surface area contributed by atoms with Crippen molar-refractivity contribution in [1.82, 2.24) is 5.32 Å². The summed E-state index contributed by atoms with van der Waals surface area (Å²) in [5.41, 5.74) is 3.27. The molecule has 1 N–H and O–H groups in total. The third-order valence-corrected chi connectivity index (χ3v) is 5.15. The van der Waals surface area contributed by atoms with Crippen LogP contribution in [0.15, 0.2) is 36.4 Å². The number of rotatable bonds is 5. The van der Waals surface area contributed by atoms with E-state index in [2.05, 4.69) is 5.32 Å². The predicted octanol–water partition coefficient (Wildman–Crippen LogP) is 3.82. The molecule has 1 fully saturated rings. The van der Waals surface area contributed by atoms with Crippen molar-refractivity contribution in [2.24, 2.45) is 0 Å². The Hall–Kier alpha value is -2.33. The van der Waals surface area contributed by atoms with E-state index in [1.807, 2.05) is 36.4 Å². The summed E-state index contributed by atoms with van der Waals surface area (Å²) in [6.45, 7) is 1.77. The van der Waals surface area contributed by atoms with Crippen molar-refractivity contribution in [3.8, 4) is 22.6 Å². The summed E-state index contributed by atoms with van der Waals surface area (Å²) in [6.07, 6.45) is 4.78. The number of hydrogen-bond acceptors (Lipinski definition) is 4. The second-order valence-electron chi connectivity index (χ2n) is 6.70. The van der Waals surface area contributed by atoms with Gasteiger partial charge in [-0.1, -0.05) is 18.6 Å². The average molecular weight is 337 g/mol. The molecule has 1 saturated heterocycles. The molecule has 1 aliphatic heterocycles. The molecule has 0 spiro atoms. The Morgan fingerprint density at radius 2 is 2.04 bits per heavy atom. The summed E-state index contributed by atoms with van der Waals surface area (Å²) in [5.74, 6) is 1.54. The first kappa shape index (κ1) is 16.2. The van der Waals surface area contributed by atoms with Gasteiger partial charge in [0.2, 0.25) is 0 Å². The fourth-order valence-electron chi connectivity index (χ4n) is 3.80. The van der Waals surface area contributed by atoms with E-state index in [-0.39, 0.29) is 5.78 Å². The second kappa shape index (κ2) is 6.89. The number of piperidine rings is 1. The van der Waals surface area contributed by atoms with Gasteiger partial charge in [-0.2, -0.15) is 0 Å². The van der Waals surface area contributed by atoms with Crippen molar-refractivity contribution in [2.75, 3.05) is 20.3 Å². The van der Waals surface area contributed by atoms with E-state index in [0.717, 1.165) is 35.4 Å². The number of ketones is 1. The molecule has 0 saturated carbocycles. The van der Waals surface area contributed by atoms with Crippen molar-refractivity contribution < 1.29 is 14.3 Å². The first-order valence-corrected chi connectivity index (χ1v) is 9.00. The van der Waals surface area contributed by atoms with Gasteiger partial charge in [0.15, 0.2) is 5.78 Å². The number of ether oxygens (including phenoxy) is 2. The number of fused-ring (bicyclic) bond motifs is 3. The lowest BCUT2D eigenvalue weighted by molar-refractivity contribution is 0.104. The van der Waals surface area contributed by atoms with Crippen molar-refractivity contribution in [1.29, 1.82) is 0 Å². The van der Waals surface area contributed by atoms with E-state index >= 15 is 0 Å². The van der Waals surface area contributed by atoms with Gasteiger partial charge in [0.05, 0.1) is 13.7 Å². The van der Waals surface area contributed by atoms with E-state index in [1.54, 1.807) is 7.11 Å². The summed E-state index contributed by atoms with van der Waals surface area (Å²) in [5, 5.41) is 3.55. The van der Waals surface area contributed by atoms with Crippen molar-refractivity contribution >= 4 is 5.78 Å². The van der Waals surface area contributed by atoms with Crippen LogP contribution in [-0.2, 0) is 0 Å². The van der Waals surface area contributed by atoms with Crippen molar-refractivity contribution in [3.05, 3.63) is 47.5 Å². The molecule has 1 unspecified atom stereocenters. The highest BCUT2D eigenvalue weighted by molar-refractivity contribution is 6.22. The van der Waals surface area contributed by atoms with Gasteiger partial charge in [0.25, 0.3) is 0 Å². The molecule has 4 rings (SSSR count). The number of carbonyl (C=O) groups is 1. The summed E-state index contributed by atoms with van der Waals surface area (Å²) in [6, 6.07) is 11.9. The fourth-order valence-corrected chi connectivity index (χ4v) is 3.80. The number of carbonyl (C=O) groups excluding carboxylic acids is 1.